The summed E-state index contributed by atoms with van der Waals surface area (Å²) in [5, 5.41) is 19.9. The molecule has 25 heavy (non-hydrogen) atoms. The number of hydrogen-bond acceptors (Lipinski definition) is 7. The van der Waals surface area contributed by atoms with Gasteiger partial charge in [-0.05, 0) is 28.3 Å². The topological polar surface area (TPSA) is 95.8 Å². The Morgan fingerprint density at radius 1 is 1.28 bits per heavy atom. The summed E-state index contributed by atoms with van der Waals surface area (Å²) in [5.74, 6) is 0.451. The van der Waals surface area contributed by atoms with Gasteiger partial charge in [0.15, 0.2) is 5.82 Å². The Balaban J connectivity index is 1.44. The molecule has 4 heterocycles. The van der Waals surface area contributed by atoms with Gasteiger partial charge < -0.3 is 4.90 Å². The lowest BCUT2D eigenvalue weighted by Crippen LogP contribution is -2.35. The third-order valence-corrected chi connectivity index (χ3v) is 5.12. The van der Waals surface area contributed by atoms with Crippen molar-refractivity contribution in [2.75, 3.05) is 26.2 Å². The minimum atomic E-state index is -0.0442. The van der Waals surface area contributed by atoms with E-state index in [1.54, 1.807) is 11.3 Å². The number of tetrazole rings is 1. The van der Waals surface area contributed by atoms with E-state index in [2.05, 4.69) is 48.1 Å². The van der Waals surface area contributed by atoms with Crippen LogP contribution in [-0.2, 0) is 6.54 Å². The third kappa shape index (κ3) is 3.44. The van der Waals surface area contributed by atoms with Crippen molar-refractivity contribution in [1.29, 1.82) is 0 Å². The van der Waals surface area contributed by atoms with Crippen molar-refractivity contribution in [1.82, 2.24) is 40.2 Å². The number of rotatable bonds is 4. The maximum Gasteiger partial charge on any atom is 0.259 e. The molecule has 0 saturated carbocycles. The van der Waals surface area contributed by atoms with Gasteiger partial charge in [0.2, 0.25) is 0 Å². The number of nitrogens with one attached hydrogen (secondary N) is 1. The zero-order chi connectivity index (χ0) is 17.1. The molecule has 0 atom stereocenters. The Kier molecular flexibility index (Phi) is 4.53. The lowest BCUT2D eigenvalue weighted by molar-refractivity contribution is 0.0761. The molecule has 0 radical (unpaired) electrons. The number of carbonyl (C=O) groups is 1. The second-order valence-corrected chi connectivity index (χ2v) is 6.92. The first-order valence-corrected chi connectivity index (χ1v) is 9.00. The van der Waals surface area contributed by atoms with Crippen molar-refractivity contribution in [2.24, 2.45) is 0 Å². The summed E-state index contributed by atoms with van der Waals surface area (Å²) < 4.78 is 1.42. The molecule has 1 saturated heterocycles. The fourth-order valence-electron chi connectivity index (χ4n) is 3.00. The first kappa shape index (κ1) is 15.9. The van der Waals surface area contributed by atoms with Crippen molar-refractivity contribution in [3.63, 3.8) is 0 Å². The molecule has 1 amide bonds. The van der Waals surface area contributed by atoms with E-state index < -0.39 is 0 Å². The summed E-state index contributed by atoms with van der Waals surface area (Å²) >= 11 is 1.77. The zero-order valence-corrected chi connectivity index (χ0v) is 14.4. The highest BCUT2D eigenvalue weighted by Crippen LogP contribution is 2.16. The summed E-state index contributed by atoms with van der Waals surface area (Å²) in [4.78, 5) is 18.6. The van der Waals surface area contributed by atoms with Crippen LogP contribution < -0.4 is 0 Å². The molecule has 0 unspecified atom stereocenters. The zero-order valence-electron chi connectivity index (χ0n) is 13.6. The smallest absolute Gasteiger partial charge is 0.259 e. The van der Waals surface area contributed by atoms with Gasteiger partial charge in [-0.2, -0.15) is 9.78 Å². The van der Waals surface area contributed by atoms with Crippen molar-refractivity contribution in [2.45, 2.75) is 13.0 Å². The molecule has 0 aromatic carbocycles. The fourth-order valence-corrected chi connectivity index (χ4v) is 3.75. The average Bonchev–Trinajstić information content (AvgIpc) is 3.35. The van der Waals surface area contributed by atoms with Crippen molar-refractivity contribution >= 4 is 17.2 Å². The summed E-state index contributed by atoms with van der Waals surface area (Å²) in [6, 6.07) is 4.23. The first-order chi connectivity index (χ1) is 12.3. The number of aromatic nitrogens is 6. The number of nitrogens with zero attached hydrogens (tertiary/aromatic N) is 7. The summed E-state index contributed by atoms with van der Waals surface area (Å²) in [5.41, 5.74) is 0.485. The summed E-state index contributed by atoms with van der Waals surface area (Å²) in [6.45, 7) is 4.24. The highest BCUT2D eigenvalue weighted by atomic mass is 32.1. The van der Waals surface area contributed by atoms with Crippen LogP contribution in [0.5, 0.6) is 0 Å². The Hall–Kier alpha value is -2.59. The molecular weight excluding hydrogens is 340 g/mol. The number of carbonyl (C=O) groups excluding carboxylic acids is 1. The third-order valence-electron chi connectivity index (χ3n) is 4.26. The number of aromatic amines is 1. The van der Waals surface area contributed by atoms with E-state index >= 15 is 0 Å². The molecule has 0 bridgehead atoms. The minimum absolute atomic E-state index is 0.0442. The van der Waals surface area contributed by atoms with E-state index in [0.29, 0.717) is 17.9 Å². The van der Waals surface area contributed by atoms with Gasteiger partial charge in [-0.25, -0.2) is 0 Å². The molecular formula is C15H18N8OS. The highest BCUT2D eigenvalue weighted by Gasteiger charge is 2.24. The molecule has 3 aromatic rings. The van der Waals surface area contributed by atoms with Gasteiger partial charge >= 0.3 is 0 Å². The molecule has 1 N–H and O–H groups in total. The molecule has 1 fully saturated rings. The van der Waals surface area contributed by atoms with Gasteiger partial charge in [0, 0.05) is 37.6 Å². The normalized spacial score (nSPS) is 16.1. The second kappa shape index (κ2) is 7.11. The fraction of sp³-hybridized carbons (Fsp3) is 0.400. The molecule has 10 heteroatoms. The highest BCUT2D eigenvalue weighted by molar-refractivity contribution is 7.09. The Bertz CT molecular complexity index is 813. The van der Waals surface area contributed by atoms with Gasteiger partial charge in [0.25, 0.3) is 5.91 Å². The largest absolute Gasteiger partial charge is 0.337 e. The molecule has 3 aromatic heterocycles. The van der Waals surface area contributed by atoms with Gasteiger partial charge in [0.05, 0.1) is 6.20 Å². The predicted octanol–water partition coefficient (Wildman–Crippen LogP) is 0.795. The predicted molar refractivity (Wildman–Crippen MR) is 91.4 cm³/mol. The maximum atomic E-state index is 12.9. The Morgan fingerprint density at radius 3 is 3.04 bits per heavy atom. The van der Waals surface area contributed by atoms with Gasteiger partial charge in [-0.1, -0.05) is 6.07 Å². The van der Waals surface area contributed by atoms with E-state index in [9.17, 15) is 4.79 Å². The summed E-state index contributed by atoms with van der Waals surface area (Å²) in [6.07, 6.45) is 3.93. The first-order valence-electron chi connectivity index (χ1n) is 8.12. The van der Waals surface area contributed by atoms with Crippen LogP contribution in [0.25, 0.3) is 5.82 Å². The summed E-state index contributed by atoms with van der Waals surface area (Å²) in [7, 11) is 0. The van der Waals surface area contributed by atoms with Crippen LogP contribution in [0, 0.1) is 0 Å². The lowest BCUT2D eigenvalue weighted by atomic mass is 10.2. The number of thiophene rings is 1. The SMILES string of the molecule is O=C(c1cn[nH]c1-n1cnnn1)N1CCCN(Cc2cccs2)CC1. The van der Waals surface area contributed by atoms with E-state index in [0.717, 1.165) is 32.6 Å². The molecule has 9 nitrogen and oxygen atoms in total. The van der Waals surface area contributed by atoms with E-state index in [1.807, 2.05) is 4.90 Å². The van der Waals surface area contributed by atoms with Gasteiger partial charge in [0.1, 0.15) is 11.9 Å². The Morgan fingerprint density at radius 2 is 2.24 bits per heavy atom. The van der Waals surface area contributed by atoms with Crippen LogP contribution in [-0.4, -0.2) is 72.3 Å². The van der Waals surface area contributed by atoms with Crippen LogP contribution in [0.3, 0.4) is 0 Å². The molecule has 1 aliphatic heterocycles. The van der Waals surface area contributed by atoms with E-state index in [4.69, 9.17) is 0 Å². The monoisotopic (exact) mass is 358 g/mol. The number of amides is 1. The minimum Gasteiger partial charge on any atom is -0.337 e. The van der Waals surface area contributed by atoms with Crippen LogP contribution in [0.1, 0.15) is 21.7 Å². The Labute approximate surface area is 148 Å². The lowest BCUT2D eigenvalue weighted by Gasteiger charge is -2.21. The van der Waals surface area contributed by atoms with Crippen LogP contribution in [0.15, 0.2) is 30.0 Å². The standard InChI is InChI=1S/C15H18N8OS/c24-15(13-9-16-18-14(13)23-11-17-19-20-23)22-5-2-4-21(6-7-22)10-12-3-1-8-25-12/h1,3,8-9,11H,2,4-7,10H2,(H,16,18). The second-order valence-electron chi connectivity index (χ2n) is 5.89. The van der Waals surface area contributed by atoms with Gasteiger partial charge in [-0.15, -0.1) is 16.4 Å². The molecule has 130 valence electrons. The van der Waals surface area contributed by atoms with Crippen molar-refractivity contribution in [3.8, 4) is 5.82 Å². The van der Waals surface area contributed by atoms with Crippen molar-refractivity contribution in [3.05, 3.63) is 40.5 Å². The quantitative estimate of drug-likeness (QED) is 0.741. The van der Waals surface area contributed by atoms with Crippen LogP contribution in [0.4, 0.5) is 0 Å². The molecule has 0 spiro atoms. The van der Waals surface area contributed by atoms with Crippen LogP contribution >= 0.6 is 11.3 Å². The average molecular weight is 358 g/mol. The molecule has 1 aliphatic rings. The van der Waals surface area contributed by atoms with Crippen molar-refractivity contribution < 1.29 is 4.79 Å². The maximum absolute atomic E-state index is 12.9. The number of hydrogen-bond donors (Lipinski definition) is 1. The molecule has 0 aliphatic carbocycles. The van der Waals surface area contributed by atoms with Gasteiger partial charge in [-0.3, -0.25) is 14.8 Å². The van der Waals surface area contributed by atoms with E-state index in [-0.39, 0.29) is 5.91 Å². The van der Waals surface area contributed by atoms with Crippen LogP contribution in [0.2, 0.25) is 0 Å². The number of H-pyrrole nitrogens is 1. The van der Waals surface area contributed by atoms with E-state index in [1.165, 1.54) is 22.1 Å². The molecule has 4 rings (SSSR count).